The summed E-state index contributed by atoms with van der Waals surface area (Å²) >= 11 is 1.86. The molecular formula is C16H20OS. The molecule has 1 atom stereocenters. The minimum atomic E-state index is 0.393. The molecule has 0 radical (unpaired) electrons. The molecule has 0 saturated heterocycles. The first-order valence-electron chi connectivity index (χ1n) is 6.52. The highest BCUT2D eigenvalue weighted by molar-refractivity contribution is 7.10. The van der Waals surface area contributed by atoms with Crippen LogP contribution >= 0.6 is 11.3 Å². The Labute approximate surface area is 113 Å². The molecule has 0 aliphatic carbocycles. The summed E-state index contributed by atoms with van der Waals surface area (Å²) in [4.78, 5) is 1.49. The Bertz CT molecular complexity index is 488. The molecule has 18 heavy (non-hydrogen) atoms. The molecule has 0 saturated carbocycles. The van der Waals surface area contributed by atoms with E-state index in [1.54, 1.807) is 6.07 Å². The topological polar surface area (TPSA) is 20.2 Å². The molecule has 0 aliphatic heterocycles. The van der Waals surface area contributed by atoms with Crippen molar-refractivity contribution in [1.82, 2.24) is 0 Å². The summed E-state index contributed by atoms with van der Waals surface area (Å²) in [6.07, 6.45) is 3.45. The minimum Gasteiger partial charge on any atom is -0.508 e. The van der Waals surface area contributed by atoms with Gasteiger partial charge in [0, 0.05) is 4.88 Å². The third kappa shape index (κ3) is 3.14. The molecular weight excluding hydrogens is 240 g/mol. The first kappa shape index (κ1) is 13.2. The molecule has 1 aromatic carbocycles. The van der Waals surface area contributed by atoms with Gasteiger partial charge in [0.1, 0.15) is 5.75 Å². The lowest BCUT2D eigenvalue weighted by atomic mass is 9.95. The number of phenols is 1. The van der Waals surface area contributed by atoms with E-state index < -0.39 is 0 Å². The van der Waals surface area contributed by atoms with Crippen molar-refractivity contribution in [3.63, 3.8) is 0 Å². The van der Waals surface area contributed by atoms with Crippen LogP contribution in [-0.2, 0) is 6.42 Å². The Kier molecular flexibility index (Phi) is 4.43. The van der Waals surface area contributed by atoms with E-state index in [4.69, 9.17) is 0 Å². The van der Waals surface area contributed by atoms with Crippen LogP contribution in [-0.4, -0.2) is 5.11 Å². The number of rotatable bonds is 5. The van der Waals surface area contributed by atoms with Gasteiger partial charge in [-0.3, -0.25) is 0 Å². The average Bonchev–Trinajstić information content (AvgIpc) is 2.88. The number of aromatic hydroxyl groups is 1. The molecule has 0 bridgehead atoms. The lowest BCUT2D eigenvalue weighted by molar-refractivity contribution is 0.470. The quantitative estimate of drug-likeness (QED) is 0.811. The highest BCUT2D eigenvalue weighted by atomic mass is 32.1. The first-order valence-corrected chi connectivity index (χ1v) is 7.40. The fourth-order valence-corrected chi connectivity index (χ4v) is 3.23. The fraction of sp³-hybridized carbons (Fsp3) is 0.375. The standard InChI is InChI=1S/C16H20OS/c1-3-14(16-5-4-10-18-16)8-6-13-7-9-15(17)12(2)11-13/h4-5,7,9-11,14,17H,3,6,8H2,1-2H3. The van der Waals surface area contributed by atoms with E-state index in [9.17, 15) is 5.11 Å². The molecule has 2 rings (SSSR count). The molecule has 0 spiro atoms. The largest absolute Gasteiger partial charge is 0.508 e. The van der Waals surface area contributed by atoms with E-state index in [2.05, 4.69) is 30.5 Å². The van der Waals surface area contributed by atoms with Crippen LogP contribution in [0.15, 0.2) is 35.7 Å². The van der Waals surface area contributed by atoms with Gasteiger partial charge in [-0.15, -0.1) is 11.3 Å². The number of hydrogen-bond donors (Lipinski definition) is 1. The van der Waals surface area contributed by atoms with Crippen molar-refractivity contribution in [3.05, 3.63) is 51.7 Å². The maximum Gasteiger partial charge on any atom is 0.118 e. The molecule has 1 nitrogen and oxygen atoms in total. The first-order chi connectivity index (χ1) is 8.70. The Morgan fingerprint density at radius 2 is 2.11 bits per heavy atom. The number of thiophene rings is 1. The predicted octanol–water partition coefficient (Wildman–Crippen LogP) is 4.89. The zero-order valence-corrected chi connectivity index (χ0v) is 11.8. The molecule has 1 aromatic heterocycles. The van der Waals surface area contributed by atoms with Crippen LogP contribution in [0.3, 0.4) is 0 Å². The van der Waals surface area contributed by atoms with Gasteiger partial charge in [0.25, 0.3) is 0 Å². The number of benzene rings is 1. The van der Waals surface area contributed by atoms with Gasteiger partial charge in [0.05, 0.1) is 0 Å². The van der Waals surface area contributed by atoms with Crippen LogP contribution in [0.25, 0.3) is 0 Å². The van der Waals surface area contributed by atoms with Crippen LogP contribution < -0.4 is 0 Å². The Morgan fingerprint density at radius 3 is 2.72 bits per heavy atom. The van der Waals surface area contributed by atoms with Gasteiger partial charge in [-0.2, -0.15) is 0 Å². The van der Waals surface area contributed by atoms with Crippen molar-refractivity contribution < 1.29 is 5.11 Å². The maximum atomic E-state index is 9.52. The zero-order chi connectivity index (χ0) is 13.0. The molecule has 1 unspecified atom stereocenters. The summed E-state index contributed by atoms with van der Waals surface area (Å²) in [5.74, 6) is 1.06. The van der Waals surface area contributed by atoms with Crippen LogP contribution in [0.2, 0.25) is 0 Å². The van der Waals surface area contributed by atoms with Gasteiger partial charge in [-0.1, -0.05) is 25.1 Å². The summed E-state index contributed by atoms with van der Waals surface area (Å²) in [5, 5.41) is 11.7. The summed E-state index contributed by atoms with van der Waals surface area (Å²) in [6, 6.07) is 10.3. The lowest BCUT2D eigenvalue weighted by Crippen LogP contribution is -1.97. The van der Waals surface area contributed by atoms with Crippen LogP contribution in [0, 0.1) is 6.92 Å². The Morgan fingerprint density at radius 1 is 1.28 bits per heavy atom. The van der Waals surface area contributed by atoms with Crippen molar-refractivity contribution in [1.29, 1.82) is 0 Å². The summed E-state index contributed by atoms with van der Waals surface area (Å²) < 4.78 is 0. The molecule has 2 aromatic rings. The monoisotopic (exact) mass is 260 g/mol. The van der Waals surface area contributed by atoms with Crippen LogP contribution in [0.4, 0.5) is 0 Å². The third-order valence-electron chi connectivity index (χ3n) is 3.48. The SMILES string of the molecule is CCC(CCc1ccc(O)c(C)c1)c1cccs1. The lowest BCUT2D eigenvalue weighted by Gasteiger charge is -2.13. The molecule has 0 aliphatic rings. The van der Waals surface area contributed by atoms with Crippen molar-refractivity contribution >= 4 is 11.3 Å². The van der Waals surface area contributed by atoms with E-state index in [0.717, 1.165) is 12.0 Å². The molecule has 0 fully saturated rings. The van der Waals surface area contributed by atoms with Crippen molar-refractivity contribution in [2.24, 2.45) is 0 Å². The molecule has 2 heteroatoms. The average molecular weight is 260 g/mol. The second kappa shape index (κ2) is 6.05. The van der Waals surface area contributed by atoms with Gasteiger partial charge in [-0.25, -0.2) is 0 Å². The maximum absolute atomic E-state index is 9.52. The Balaban J connectivity index is 1.99. The van der Waals surface area contributed by atoms with Gasteiger partial charge in [0.2, 0.25) is 0 Å². The smallest absolute Gasteiger partial charge is 0.118 e. The number of phenolic OH excluding ortho intramolecular Hbond substituents is 1. The van der Waals surface area contributed by atoms with Crippen molar-refractivity contribution in [2.75, 3.05) is 0 Å². The molecule has 0 amide bonds. The molecule has 1 N–H and O–H groups in total. The summed E-state index contributed by atoms with van der Waals surface area (Å²) in [5.41, 5.74) is 2.29. The molecule has 1 heterocycles. The number of aryl methyl sites for hydroxylation is 2. The van der Waals surface area contributed by atoms with Crippen LogP contribution in [0.5, 0.6) is 5.75 Å². The molecule has 96 valence electrons. The Hall–Kier alpha value is -1.28. The van der Waals surface area contributed by atoms with Gasteiger partial charge in [0.15, 0.2) is 0 Å². The predicted molar refractivity (Wildman–Crippen MR) is 78.5 cm³/mol. The van der Waals surface area contributed by atoms with E-state index in [0.29, 0.717) is 11.7 Å². The third-order valence-corrected chi connectivity index (χ3v) is 4.52. The summed E-state index contributed by atoms with van der Waals surface area (Å²) in [6.45, 7) is 4.21. The van der Waals surface area contributed by atoms with Crippen molar-refractivity contribution in [3.8, 4) is 5.75 Å². The summed E-state index contributed by atoms with van der Waals surface area (Å²) in [7, 11) is 0. The van der Waals surface area contributed by atoms with E-state index in [-0.39, 0.29) is 0 Å². The van der Waals surface area contributed by atoms with Crippen molar-refractivity contribution in [2.45, 2.75) is 39.0 Å². The van der Waals surface area contributed by atoms with E-state index >= 15 is 0 Å². The van der Waals surface area contributed by atoms with Gasteiger partial charge >= 0.3 is 0 Å². The van der Waals surface area contributed by atoms with Crippen LogP contribution in [0.1, 0.15) is 41.7 Å². The van der Waals surface area contributed by atoms with E-state index in [1.165, 1.54) is 23.3 Å². The van der Waals surface area contributed by atoms with E-state index in [1.807, 2.05) is 24.3 Å². The van der Waals surface area contributed by atoms with Gasteiger partial charge < -0.3 is 5.11 Å². The van der Waals surface area contributed by atoms with Gasteiger partial charge in [-0.05, 0) is 60.7 Å². The minimum absolute atomic E-state index is 0.393. The second-order valence-electron chi connectivity index (χ2n) is 4.78. The second-order valence-corrected chi connectivity index (χ2v) is 5.76. The highest BCUT2D eigenvalue weighted by Gasteiger charge is 2.10. The highest BCUT2D eigenvalue weighted by Crippen LogP contribution is 2.29. The fourth-order valence-electron chi connectivity index (χ4n) is 2.29. The normalized spacial score (nSPS) is 12.6. The zero-order valence-electron chi connectivity index (χ0n) is 11.0. The number of hydrogen-bond acceptors (Lipinski definition) is 2.